The average Bonchev–Trinajstić information content (AvgIpc) is 3.36. The second kappa shape index (κ2) is 10.9. The van der Waals surface area contributed by atoms with E-state index in [-0.39, 0.29) is 12.1 Å². The van der Waals surface area contributed by atoms with Crippen LogP contribution in [-0.4, -0.2) is 57.3 Å². The third-order valence-corrected chi connectivity index (χ3v) is 7.64. The zero-order valence-corrected chi connectivity index (χ0v) is 21.5. The van der Waals surface area contributed by atoms with Crippen LogP contribution in [0.5, 0.6) is 0 Å². The molecule has 5 rings (SSSR count). The lowest BCUT2D eigenvalue weighted by Crippen LogP contribution is -2.37. The van der Waals surface area contributed by atoms with Crippen molar-refractivity contribution in [1.29, 1.82) is 0 Å². The van der Waals surface area contributed by atoms with E-state index in [1.54, 1.807) is 0 Å². The van der Waals surface area contributed by atoms with Crippen molar-refractivity contribution >= 4 is 17.3 Å². The van der Waals surface area contributed by atoms with Gasteiger partial charge in [-0.1, -0.05) is 36.4 Å². The summed E-state index contributed by atoms with van der Waals surface area (Å²) >= 11 is 5.88. The molecule has 2 aliphatic heterocycles. The van der Waals surface area contributed by atoms with E-state index < -0.39 is 0 Å². The summed E-state index contributed by atoms with van der Waals surface area (Å²) in [4.78, 5) is 9.55. The van der Waals surface area contributed by atoms with Crippen LogP contribution in [0.1, 0.15) is 46.7 Å². The van der Waals surface area contributed by atoms with Gasteiger partial charge >= 0.3 is 0 Å². The van der Waals surface area contributed by atoms with E-state index in [1.807, 2.05) is 12.3 Å². The van der Waals surface area contributed by atoms with Gasteiger partial charge in [-0.05, 0) is 61.8 Å². The lowest BCUT2D eigenvalue weighted by atomic mass is 9.96. The third-order valence-electron chi connectivity index (χ3n) is 7.28. The first-order chi connectivity index (χ1) is 17.1. The number of nitrogens with one attached hydrogen (secondary N) is 1. The molecule has 2 aromatic heterocycles. The van der Waals surface area contributed by atoms with Crippen LogP contribution in [0, 0.1) is 13.8 Å². The Morgan fingerprint density at radius 1 is 1.03 bits per heavy atom. The van der Waals surface area contributed by atoms with E-state index in [4.69, 9.17) is 21.9 Å². The zero-order chi connectivity index (χ0) is 24.2. The van der Waals surface area contributed by atoms with Crippen molar-refractivity contribution in [3.05, 3.63) is 89.0 Å². The molecule has 3 aromatic rings. The summed E-state index contributed by atoms with van der Waals surface area (Å²) in [5.41, 5.74) is 6.22. The van der Waals surface area contributed by atoms with Gasteiger partial charge in [-0.2, -0.15) is 0 Å². The number of pyridine rings is 1. The number of benzene rings is 1. The Kier molecular flexibility index (Phi) is 7.46. The largest absolute Gasteiger partial charge is 0.379 e. The fourth-order valence-electron chi connectivity index (χ4n) is 5.44. The van der Waals surface area contributed by atoms with Crippen molar-refractivity contribution in [3.63, 3.8) is 0 Å². The predicted octanol–water partition coefficient (Wildman–Crippen LogP) is 4.39. The van der Waals surface area contributed by atoms with Crippen LogP contribution in [0.3, 0.4) is 0 Å². The summed E-state index contributed by atoms with van der Waals surface area (Å²) < 4.78 is 7.98. The maximum absolute atomic E-state index is 5.88. The Morgan fingerprint density at radius 3 is 2.54 bits per heavy atom. The monoisotopic (exact) mass is 489 g/mol. The molecule has 6 nitrogen and oxygen atoms in total. The minimum atomic E-state index is 0.00899. The predicted molar refractivity (Wildman–Crippen MR) is 143 cm³/mol. The molecule has 35 heavy (non-hydrogen) atoms. The third kappa shape index (κ3) is 5.27. The van der Waals surface area contributed by atoms with Gasteiger partial charge in [-0.15, -0.1) is 0 Å². The highest BCUT2D eigenvalue weighted by atomic mass is 32.1. The van der Waals surface area contributed by atoms with Crippen LogP contribution in [0.2, 0.25) is 0 Å². The quantitative estimate of drug-likeness (QED) is 0.474. The standard InChI is InChI=1S/C28H35N5OS/c1-21-19-24(22(2)32(21)14-8-13-31-15-17-34-18-16-31)27-26(25-11-6-7-12-29-25)30-28(35)33(27)20-23-9-4-3-5-10-23/h3-7,9-12,19,26-27H,8,13-18,20H2,1-2H3,(H,30,35)/t26-,27+/m1/s1. The van der Waals surface area contributed by atoms with E-state index in [2.05, 4.69) is 82.1 Å². The summed E-state index contributed by atoms with van der Waals surface area (Å²) in [6.45, 7) is 11.2. The Balaban J connectivity index is 1.42. The van der Waals surface area contributed by atoms with Crippen LogP contribution in [0.25, 0.3) is 0 Å². The molecule has 0 amide bonds. The van der Waals surface area contributed by atoms with E-state index in [0.717, 1.165) is 63.2 Å². The van der Waals surface area contributed by atoms with Gasteiger partial charge in [0.2, 0.25) is 0 Å². The molecular formula is C28H35N5OS. The molecular weight excluding hydrogens is 454 g/mol. The van der Waals surface area contributed by atoms with E-state index in [0.29, 0.717) is 0 Å². The molecule has 4 heterocycles. The van der Waals surface area contributed by atoms with Gasteiger partial charge in [-0.3, -0.25) is 9.88 Å². The Hall–Kier alpha value is -2.74. The first-order valence-electron chi connectivity index (χ1n) is 12.6. The normalized spacial score (nSPS) is 20.9. The van der Waals surface area contributed by atoms with E-state index >= 15 is 0 Å². The molecule has 0 spiro atoms. The minimum Gasteiger partial charge on any atom is -0.379 e. The number of thiocarbonyl (C=S) groups is 1. The number of hydrogen-bond donors (Lipinski definition) is 1. The first kappa shape index (κ1) is 24.0. The van der Waals surface area contributed by atoms with Crippen LogP contribution < -0.4 is 5.32 Å². The van der Waals surface area contributed by atoms with Crippen molar-refractivity contribution in [2.75, 3.05) is 32.8 Å². The lowest BCUT2D eigenvalue weighted by Gasteiger charge is -2.28. The van der Waals surface area contributed by atoms with Gasteiger partial charge in [0.1, 0.15) is 0 Å². The van der Waals surface area contributed by atoms with Crippen molar-refractivity contribution in [1.82, 2.24) is 24.7 Å². The van der Waals surface area contributed by atoms with Crippen LogP contribution in [0.15, 0.2) is 60.8 Å². The Bertz CT molecular complexity index is 1130. The average molecular weight is 490 g/mol. The van der Waals surface area contributed by atoms with Crippen molar-refractivity contribution in [2.24, 2.45) is 0 Å². The SMILES string of the molecule is Cc1cc([C@H]2[C@@H](c3ccccn3)NC(=S)N2Cc2ccccc2)c(C)n1CCCN1CCOCC1. The molecule has 0 bridgehead atoms. The van der Waals surface area contributed by atoms with Crippen molar-refractivity contribution in [3.8, 4) is 0 Å². The second-order valence-electron chi connectivity index (χ2n) is 9.53. The highest BCUT2D eigenvalue weighted by molar-refractivity contribution is 7.80. The molecule has 0 aliphatic carbocycles. The topological polar surface area (TPSA) is 45.6 Å². The first-order valence-corrected chi connectivity index (χ1v) is 13.0. The highest BCUT2D eigenvalue weighted by Crippen LogP contribution is 2.41. The maximum atomic E-state index is 5.88. The smallest absolute Gasteiger partial charge is 0.170 e. The number of ether oxygens (including phenoxy) is 1. The van der Waals surface area contributed by atoms with Crippen molar-refractivity contribution in [2.45, 2.75) is 45.4 Å². The fourth-order valence-corrected chi connectivity index (χ4v) is 5.75. The zero-order valence-electron chi connectivity index (χ0n) is 20.7. The fraction of sp³-hybridized carbons (Fsp3) is 0.429. The molecule has 7 heteroatoms. The van der Waals surface area contributed by atoms with Crippen LogP contribution >= 0.6 is 12.2 Å². The Labute approximate surface area is 213 Å². The highest BCUT2D eigenvalue weighted by Gasteiger charge is 2.41. The maximum Gasteiger partial charge on any atom is 0.170 e. The van der Waals surface area contributed by atoms with Crippen molar-refractivity contribution < 1.29 is 4.74 Å². The summed E-state index contributed by atoms with van der Waals surface area (Å²) in [6.07, 6.45) is 3.00. The van der Waals surface area contributed by atoms with Crippen LogP contribution in [-0.2, 0) is 17.8 Å². The summed E-state index contributed by atoms with van der Waals surface area (Å²) in [5, 5.41) is 4.38. The van der Waals surface area contributed by atoms with Gasteiger partial charge in [0.15, 0.2) is 5.11 Å². The van der Waals surface area contributed by atoms with Gasteiger partial charge in [0, 0.05) is 50.3 Å². The second-order valence-corrected chi connectivity index (χ2v) is 9.91. The number of morpholine rings is 1. The number of aryl methyl sites for hydroxylation is 1. The number of nitrogens with zero attached hydrogens (tertiary/aromatic N) is 4. The molecule has 0 radical (unpaired) electrons. The molecule has 2 atom stereocenters. The lowest BCUT2D eigenvalue weighted by molar-refractivity contribution is 0.0369. The number of hydrogen-bond acceptors (Lipinski definition) is 4. The summed E-state index contributed by atoms with van der Waals surface area (Å²) in [7, 11) is 0. The van der Waals surface area contributed by atoms with E-state index in [1.165, 1.54) is 22.5 Å². The molecule has 0 unspecified atom stereocenters. The van der Waals surface area contributed by atoms with Crippen LogP contribution in [0.4, 0.5) is 0 Å². The number of aromatic nitrogens is 2. The molecule has 1 N–H and O–H groups in total. The number of rotatable bonds is 8. The molecule has 1 aromatic carbocycles. The molecule has 2 aliphatic rings. The van der Waals surface area contributed by atoms with Gasteiger partial charge in [-0.25, -0.2) is 0 Å². The summed E-state index contributed by atoms with van der Waals surface area (Å²) in [5.74, 6) is 0. The molecule has 2 fully saturated rings. The van der Waals surface area contributed by atoms with Gasteiger partial charge in [0.05, 0.1) is 31.0 Å². The molecule has 184 valence electrons. The molecule has 2 saturated heterocycles. The minimum absolute atomic E-state index is 0.00899. The van der Waals surface area contributed by atoms with Gasteiger partial charge in [0.25, 0.3) is 0 Å². The molecule has 0 saturated carbocycles. The van der Waals surface area contributed by atoms with Gasteiger partial charge < -0.3 is 19.5 Å². The Morgan fingerprint density at radius 2 is 1.80 bits per heavy atom. The summed E-state index contributed by atoms with van der Waals surface area (Å²) in [6, 6.07) is 19.1. The van der Waals surface area contributed by atoms with E-state index in [9.17, 15) is 0 Å².